The van der Waals surface area contributed by atoms with E-state index in [9.17, 15) is 0 Å². The lowest BCUT2D eigenvalue weighted by Crippen LogP contribution is -2.49. The van der Waals surface area contributed by atoms with E-state index in [1.165, 1.54) is 71.5 Å². The van der Waals surface area contributed by atoms with Gasteiger partial charge < -0.3 is 4.90 Å². The van der Waals surface area contributed by atoms with E-state index in [4.69, 9.17) is 0 Å². The molecule has 2 fully saturated rings. The van der Waals surface area contributed by atoms with Crippen LogP contribution < -0.4 is 0 Å². The quantitative estimate of drug-likeness (QED) is 0.380. The second-order valence-electron chi connectivity index (χ2n) is 7.17. The molecule has 0 aromatic heterocycles. The van der Waals surface area contributed by atoms with Gasteiger partial charge in [0.05, 0.1) is 4.05 Å². The first-order valence-electron chi connectivity index (χ1n) is 8.91. The van der Waals surface area contributed by atoms with Gasteiger partial charge in [0.15, 0.2) is 0 Å². The Morgan fingerprint density at radius 3 is 2.05 bits per heavy atom. The molecule has 0 N–H and O–H groups in total. The van der Waals surface area contributed by atoms with Crippen molar-refractivity contribution in [3.8, 4) is 0 Å². The number of nitrogens with zero attached hydrogens (tertiary/aromatic N) is 3. The molecule has 0 amide bonds. The van der Waals surface area contributed by atoms with Crippen molar-refractivity contribution in [2.75, 3.05) is 45.8 Å². The molecule has 1 unspecified atom stereocenters. The van der Waals surface area contributed by atoms with E-state index in [1.54, 1.807) is 0 Å². The highest BCUT2D eigenvalue weighted by atomic mass is 127. The fraction of sp³-hybridized carbons (Fsp3) is 1.00. The molecule has 0 aliphatic carbocycles. The second-order valence-corrected chi connectivity index (χ2v) is 8.97. The molecule has 1 atom stereocenters. The standard InChI is InChI=1S/C17H34IN3/c1-15(2)20-13-11-19(12-14-20)8-4-5-17-6-9-21(10-7-17)16(3)18/h15-17H,4-14H2,1-3H3. The first-order chi connectivity index (χ1) is 10.1. The van der Waals surface area contributed by atoms with Crippen molar-refractivity contribution in [2.45, 2.75) is 56.5 Å². The molecule has 2 aliphatic heterocycles. The molecule has 0 saturated carbocycles. The third kappa shape index (κ3) is 5.96. The Labute approximate surface area is 145 Å². The fourth-order valence-electron chi connectivity index (χ4n) is 3.70. The number of rotatable bonds is 6. The van der Waals surface area contributed by atoms with Crippen molar-refractivity contribution in [1.29, 1.82) is 0 Å². The Morgan fingerprint density at radius 2 is 1.52 bits per heavy atom. The zero-order valence-electron chi connectivity index (χ0n) is 14.2. The van der Waals surface area contributed by atoms with Gasteiger partial charge in [-0.05, 0) is 72.0 Å². The molecule has 2 aliphatic rings. The average molecular weight is 407 g/mol. The number of alkyl halides is 1. The SMILES string of the molecule is CC(C)N1CCN(CCCC2CCN(C(C)I)CC2)CC1. The van der Waals surface area contributed by atoms with E-state index in [1.807, 2.05) is 0 Å². The molecule has 0 spiro atoms. The van der Waals surface area contributed by atoms with Gasteiger partial charge in [-0.1, -0.05) is 22.6 Å². The molecule has 124 valence electrons. The minimum Gasteiger partial charge on any atom is -0.301 e. The van der Waals surface area contributed by atoms with Gasteiger partial charge in [0, 0.05) is 32.2 Å². The predicted octanol–water partition coefficient (Wildman–Crippen LogP) is 3.29. The van der Waals surface area contributed by atoms with E-state index in [0.717, 1.165) is 12.0 Å². The maximum atomic E-state index is 2.68. The maximum absolute atomic E-state index is 2.68. The number of piperazine rings is 1. The van der Waals surface area contributed by atoms with Crippen LogP contribution in [-0.4, -0.2) is 70.6 Å². The molecular formula is C17H34IN3. The van der Waals surface area contributed by atoms with Crippen molar-refractivity contribution < 1.29 is 0 Å². The monoisotopic (exact) mass is 407 g/mol. The van der Waals surface area contributed by atoms with Gasteiger partial charge in [0.2, 0.25) is 0 Å². The lowest BCUT2D eigenvalue weighted by Gasteiger charge is -2.37. The van der Waals surface area contributed by atoms with Crippen LogP contribution >= 0.6 is 22.6 Å². The van der Waals surface area contributed by atoms with Crippen LogP contribution in [0.2, 0.25) is 0 Å². The van der Waals surface area contributed by atoms with Crippen LogP contribution in [0, 0.1) is 5.92 Å². The predicted molar refractivity (Wildman–Crippen MR) is 100 cm³/mol. The second kappa shape index (κ2) is 9.04. The van der Waals surface area contributed by atoms with Crippen LogP contribution in [-0.2, 0) is 0 Å². The number of halogens is 1. The highest BCUT2D eigenvalue weighted by Crippen LogP contribution is 2.24. The Bertz CT molecular complexity index is 252. The summed E-state index contributed by atoms with van der Waals surface area (Å²) in [4.78, 5) is 7.92. The summed E-state index contributed by atoms with van der Waals surface area (Å²) in [5, 5.41) is 0. The smallest absolute Gasteiger partial charge is 0.0589 e. The summed E-state index contributed by atoms with van der Waals surface area (Å²) < 4.78 is 0.709. The third-order valence-corrected chi connectivity index (χ3v) is 6.16. The highest BCUT2D eigenvalue weighted by Gasteiger charge is 2.22. The van der Waals surface area contributed by atoms with Gasteiger partial charge in [-0.25, -0.2) is 0 Å². The molecule has 0 bridgehead atoms. The van der Waals surface area contributed by atoms with E-state index in [2.05, 4.69) is 58.1 Å². The van der Waals surface area contributed by atoms with Crippen molar-refractivity contribution in [1.82, 2.24) is 14.7 Å². The Balaban J connectivity index is 1.55. The summed E-state index contributed by atoms with van der Waals surface area (Å²) in [7, 11) is 0. The fourth-order valence-corrected chi connectivity index (χ4v) is 4.26. The lowest BCUT2D eigenvalue weighted by molar-refractivity contribution is 0.104. The van der Waals surface area contributed by atoms with Crippen molar-refractivity contribution in [2.24, 2.45) is 5.92 Å². The van der Waals surface area contributed by atoms with Crippen LogP contribution in [0.1, 0.15) is 46.5 Å². The molecule has 21 heavy (non-hydrogen) atoms. The van der Waals surface area contributed by atoms with Crippen LogP contribution in [0.4, 0.5) is 0 Å². The molecule has 3 nitrogen and oxygen atoms in total. The van der Waals surface area contributed by atoms with Gasteiger partial charge in [-0.2, -0.15) is 0 Å². The Kier molecular flexibility index (Phi) is 7.73. The van der Waals surface area contributed by atoms with Gasteiger partial charge in [-0.15, -0.1) is 0 Å². The normalized spacial score (nSPS) is 25.6. The van der Waals surface area contributed by atoms with Crippen LogP contribution in [0.25, 0.3) is 0 Å². The molecule has 0 aromatic rings. The lowest BCUT2D eigenvalue weighted by atomic mass is 9.92. The first-order valence-corrected chi connectivity index (χ1v) is 10.2. The summed E-state index contributed by atoms with van der Waals surface area (Å²) in [5.74, 6) is 0.994. The summed E-state index contributed by atoms with van der Waals surface area (Å²) in [6.45, 7) is 16.0. The zero-order valence-corrected chi connectivity index (χ0v) is 16.4. The molecule has 2 rings (SSSR count). The summed E-state index contributed by atoms with van der Waals surface area (Å²) in [6, 6.07) is 0.720. The van der Waals surface area contributed by atoms with Crippen LogP contribution in [0.3, 0.4) is 0 Å². The number of hydrogen-bond donors (Lipinski definition) is 0. The van der Waals surface area contributed by atoms with Crippen LogP contribution in [0.15, 0.2) is 0 Å². The number of likely N-dealkylation sites (tertiary alicyclic amines) is 1. The Morgan fingerprint density at radius 1 is 0.905 bits per heavy atom. The summed E-state index contributed by atoms with van der Waals surface area (Å²) in [5.41, 5.74) is 0. The van der Waals surface area contributed by atoms with Gasteiger partial charge >= 0.3 is 0 Å². The minimum absolute atomic E-state index is 0.709. The zero-order chi connectivity index (χ0) is 15.2. The average Bonchev–Trinajstić information content (AvgIpc) is 2.48. The van der Waals surface area contributed by atoms with E-state index in [-0.39, 0.29) is 0 Å². The largest absolute Gasteiger partial charge is 0.301 e. The molecule has 2 heterocycles. The Hall–Kier alpha value is 0.610. The topological polar surface area (TPSA) is 9.72 Å². The van der Waals surface area contributed by atoms with Gasteiger partial charge in [-0.3, -0.25) is 9.80 Å². The van der Waals surface area contributed by atoms with Gasteiger partial charge in [0.25, 0.3) is 0 Å². The highest BCUT2D eigenvalue weighted by molar-refractivity contribution is 14.1. The molecule has 2 saturated heterocycles. The third-order valence-electron chi connectivity index (χ3n) is 5.38. The van der Waals surface area contributed by atoms with Crippen molar-refractivity contribution in [3.63, 3.8) is 0 Å². The van der Waals surface area contributed by atoms with Crippen molar-refractivity contribution in [3.05, 3.63) is 0 Å². The minimum atomic E-state index is 0.709. The molecular weight excluding hydrogens is 373 g/mol. The number of hydrogen-bond acceptors (Lipinski definition) is 3. The maximum Gasteiger partial charge on any atom is 0.0589 e. The van der Waals surface area contributed by atoms with E-state index >= 15 is 0 Å². The summed E-state index contributed by atoms with van der Waals surface area (Å²) in [6.07, 6.45) is 5.71. The van der Waals surface area contributed by atoms with Gasteiger partial charge in [0.1, 0.15) is 0 Å². The summed E-state index contributed by atoms with van der Waals surface area (Å²) >= 11 is 2.55. The molecule has 4 heteroatoms. The van der Waals surface area contributed by atoms with Crippen molar-refractivity contribution >= 4 is 22.6 Å². The molecule has 0 aromatic carbocycles. The first kappa shape index (κ1) is 18.0. The van der Waals surface area contributed by atoms with Crippen LogP contribution in [0.5, 0.6) is 0 Å². The van der Waals surface area contributed by atoms with E-state index in [0.29, 0.717) is 4.05 Å². The molecule has 0 radical (unpaired) electrons. The number of piperidine rings is 1. The van der Waals surface area contributed by atoms with E-state index < -0.39 is 0 Å².